The predicted octanol–water partition coefficient (Wildman–Crippen LogP) is 13.3. The quantitative estimate of drug-likeness (QED) is 0.172. The van der Waals surface area contributed by atoms with Crippen molar-refractivity contribution >= 4 is 27.8 Å². The van der Waals surface area contributed by atoms with E-state index in [1.165, 1.54) is 77.8 Å². The molecule has 0 fully saturated rings. The zero-order valence-corrected chi connectivity index (χ0v) is 28.3. The highest BCUT2D eigenvalue weighted by Crippen LogP contribution is 2.59. The third-order valence-corrected chi connectivity index (χ3v) is 10.9. The number of nitrogens with zero attached hydrogens (tertiary/aromatic N) is 1. The van der Waals surface area contributed by atoms with Crippen molar-refractivity contribution in [2.75, 3.05) is 4.90 Å². The average Bonchev–Trinajstić information content (AvgIpc) is 3.43. The molecule has 0 N–H and O–H groups in total. The number of aryl methyl sites for hydroxylation is 2. The van der Waals surface area contributed by atoms with E-state index >= 15 is 0 Å². The van der Waals surface area contributed by atoms with Crippen molar-refractivity contribution in [3.8, 4) is 33.4 Å². The van der Waals surface area contributed by atoms with Gasteiger partial charge in [-0.05, 0) is 112 Å². The van der Waals surface area contributed by atoms with Crippen molar-refractivity contribution in [3.63, 3.8) is 0 Å². The van der Waals surface area contributed by atoms with Crippen LogP contribution in [0.2, 0.25) is 0 Å². The maximum absolute atomic E-state index is 2.53. The molecule has 0 bridgehead atoms. The Bertz CT molecular complexity index is 2270. The molecule has 48 heavy (non-hydrogen) atoms. The van der Waals surface area contributed by atoms with E-state index in [1.54, 1.807) is 0 Å². The summed E-state index contributed by atoms with van der Waals surface area (Å²) in [6.07, 6.45) is 2.12. The molecule has 0 unspecified atom stereocenters. The number of rotatable bonds is 7. The van der Waals surface area contributed by atoms with Crippen LogP contribution in [0.5, 0.6) is 0 Å². The van der Waals surface area contributed by atoms with Gasteiger partial charge in [0.1, 0.15) is 0 Å². The smallest absolute Gasteiger partial charge is 0.0621 e. The standard InChI is InChI=1S/C47H41N/c1-5-47(6-2)43-23-15-14-22-42(43)45-44(47)31-36-18-10-11-21-41(36)46(45)48(38-27-24-32(3)33(4)30-38)37-28-25-35(26-29-37)40-20-13-12-19-39(40)34-16-8-7-9-17-34/h7-31H,5-6H2,1-4H3. The van der Waals surface area contributed by atoms with Gasteiger partial charge in [-0.3, -0.25) is 0 Å². The first-order valence-electron chi connectivity index (χ1n) is 17.3. The molecule has 0 aliphatic heterocycles. The van der Waals surface area contributed by atoms with Crippen LogP contribution in [0.3, 0.4) is 0 Å². The zero-order chi connectivity index (χ0) is 32.8. The van der Waals surface area contributed by atoms with E-state index in [0.717, 1.165) is 18.5 Å². The van der Waals surface area contributed by atoms with Crippen molar-refractivity contribution in [2.45, 2.75) is 46.0 Å². The summed E-state index contributed by atoms with van der Waals surface area (Å²) in [5.74, 6) is 0. The Hall–Kier alpha value is -5.40. The second-order valence-electron chi connectivity index (χ2n) is 13.3. The van der Waals surface area contributed by atoms with Gasteiger partial charge in [-0.25, -0.2) is 0 Å². The van der Waals surface area contributed by atoms with Gasteiger partial charge >= 0.3 is 0 Å². The molecule has 8 rings (SSSR count). The monoisotopic (exact) mass is 619 g/mol. The van der Waals surface area contributed by atoms with Crippen LogP contribution < -0.4 is 4.90 Å². The van der Waals surface area contributed by atoms with Crippen LogP contribution in [0.4, 0.5) is 17.1 Å². The second-order valence-corrected chi connectivity index (χ2v) is 13.3. The Labute approximate surface area is 285 Å². The van der Waals surface area contributed by atoms with Gasteiger partial charge in [0.05, 0.1) is 5.69 Å². The van der Waals surface area contributed by atoms with E-state index in [1.807, 2.05) is 0 Å². The van der Waals surface area contributed by atoms with Crippen LogP contribution in [0.25, 0.3) is 44.2 Å². The number of hydrogen-bond acceptors (Lipinski definition) is 1. The average molecular weight is 620 g/mol. The summed E-state index contributed by atoms with van der Waals surface area (Å²) in [4.78, 5) is 2.53. The number of anilines is 3. The Morgan fingerprint density at radius 1 is 0.479 bits per heavy atom. The van der Waals surface area contributed by atoms with Crippen LogP contribution in [-0.2, 0) is 5.41 Å². The molecule has 7 aromatic carbocycles. The third kappa shape index (κ3) is 4.68. The molecule has 234 valence electrons. The van der Waals surface area contributed by atoms with E-state index in [-0.39, 0.29) is 5.41 Å². The third-order valence-electron chi connectivity index (χ3n) is 10.9. The Morgan fingerprint density at radius 3 is 1.75 bits per heavy atom. The zero-order valence-electron chi connectivity index (χ0n) is 28.3. The van der Waals surface area contributed by atoms with Gasteiger partial charge in [0.25, 0.3) is 0 Å². The van der Waals surface area contributed by atoms with Crippen LogP contribution in [0, 0.1) is 13.8 Å². The minimum absolute atomic E-state index is 0.0232. The normalized spacial score (nSPS) is 12.9. The van der Waals surface area contributed by atoms with Crippen molar-refractivity contribution in [3.05, 3.63) is 174 Å². The van der Waals surface area contributed by atoms with Crippen LogP contribution in [-0.4, -0.2) is 0 Å². The molecular weight excluding hydrogens is 579 g/mol. The fraction of sp³-hybridized carbons (Fsp3) is 0.149. The van der Waals surface area contributed by atoms with Gasteiger partial charge in [0, 0.05) is 27.7 Å². The Balaban J connectivity index is 1.40. The molecule has 1 heteroatoms. The lowest BCUT2D eigenvalue weighted by molar-refractivity contribution is 0.491. The molecule has 1 aliphatic carbocycles. The molecular formula is C47H41N. The highest BCUT2D eigenvalue weighted by Gasteiger charge is 2.43. The molecule has 0 radical (unpaired) electrons. The maximum Gasteiger partial charge on any atom is 0.0621 e. The fourth-order valence-electron chi connectivity index (χ4n) is 8.15. The fourth-order valence-corrected chi connectivity index (χ4v) is 8.15. The summed E-state index contributed by atoms with van der Waals surface area (Å²) in [6, 6.07) is 56.2. The first kappa shape index (κ1) is 30.0. The summed E-state index contributed by atoms with van der Waals surface area (Å²) < 4.78 is 0. The molecule has 7 aromatic rings. The molecule has 0 amide bonds. The molecule has 0 spiro atoms. The van der Waals surface area contributed by atoms with E-state index < -0.39 is 0 Å². The highest BCUT2D eigenvalue weighted by molar-refractivity contribution is 6.10. The molecule has 0 heterocycles. The molecule has 0 saturated carbocycles. The largest absolute Gasteiger partial charge is 0.309 e. The minimum Gasteiger partial charge on any atom is -0.309 e. The van der Waals surface area contributed by atoms with Gasteiger partial charge in [-0.2, -0.15) is 0 Å². The molecule has 1 aliphatic rings. The van der Waals surface area contributed by atoms with Gasteiger partial charge in [0.15, 0.2) is 0 Å². The first-order chi connectivity index (χ1) is 23.5. The number of benzene rings is 7. The summed E-state index contributed by atoms with van der Waals surface area (Å²) in [5.41, 5.74) is 16.7. The highest BCUT2D eigenvalue weighted by atomic mass is 15.1. The summed E-state index contributed by atoms with van der Waals surface area (Å²) in [5, 5.41) is 2.55. The first-order valence-corrected chi connectivity index (χ1v) is 17.3. The van der Waals surface area contributed by atoms with Crippen molar-refractivity contribution < 1.29 is 0 Å². The van der Waals surface area contributed by atoms with Crippen molar-refractivity contribution in [1.29, 1.82) is 0 Å². The Kier molecular flexibility index (Phi) is 7.49. The second kappa shape index (κ2) is 12.0. The van der Waals surface area contributed by atoms with E-state index in [2.05, 4.69) is 184 Å². The van der Waals surface area contributed by atoms with E-state index in [0.29, 0.717) is 0 Å². The Morgan fingerprint density at radius 2 is 1.06 bits per heavy atom. The van der Waals surface area contributed by atoms with Crippen LogP contribution >= 0.6 is 0 Å². The summed E-state index contributed by atoms with van der Waals surface area (Å²) in [7, 11) is 0. The van der Waals surface area contributed by atoms with E-state index in [9.17, 15) is 0 Å². The minimum atomic E-state index is -0.0232. The van der Waals surface area contributed by atoms with E-state index in [4.69, 9.17) is 0 Å². The van der Waals surface area contributed by atoms with Gasteiger partial charge in [-0.15, -0.1) is 0 Å². The number of fused-ring (bicyclic) bond motifs is 4. The summed E-state index contributed by atoms with van der Waals surface area (Å²) in [6.45, 7) is 9.14. The number of hydrogen-bond donors (Lipinski definition) is 0. The van der Waals surface area contributed by atoms with Crippen molar-refractivity contribution in [2.24, 2.45) is 0 Å². The SMILES string of the molecule is CCC1(CC)c2ccccc2-c2c1cc1ccccc1c2N(c1ccc(-c2ccccc2-c2ccccc2)cc1)c1ccc(C)c(C)c1. The van der Waals surface area contributed by atoms with Gasteiger partial charge in [-0.1, -0.05) is 135 Å². The molecule has 0 atom stereocenters. The molecule has 0 aromatic heterocycles. The van der Waals surface area contributed by atoms with Crippen molar-refractivity contribution in [1.82, 2.24) is 0 Å². The lowest BCUT2D eigenvalue weighted by Crippen LogP contribution is -2.23. The molecule has 1 nitrogen and oxygen atoms in total. The topological polar surface area (TPSA) is 3.24 Å². The van der Waals surface area contributed by atoms with Gasteiger partial charge in [0.2, 0.25) is 0 Å². The predicted molar refractivity (Wildman–Crippen MR) is 206 cm³/mol. The lowest BCUT2D eigenvalue weighted by Gasteiger charge is -2.33. The lowest BCUT2D eigenvalue weighted by atomic mass is 9.73. The van der Waals surface area contributed by atoms with Crippen LogP contribution in [0.15, 0.2) is 152 Å². The summed E-state index contributed by atoms with van der Waals surface area (Å²) >= 11 is 0. The maximum atomic E-state index is 2.53. The van der Waals surface area contributed by atoms with Crippen LogP contribution in [0.1, 0.15) is 48.9 Å². The van der Waals surface area contributed by atoms with Gasteiger partial charge < -0.3 is 4.90 Å². The molecule has 0 saturated heterocycles.